The van der Waals surface area contributed by atoms with Gasteiger partial charge in [-0.15, -0.1) is 0 Å². The van der Waals surface area contributed by atoms with Crippen LogP contribution in [0.4, 0.5) is 0 Å². The molecule has 0 amide bonds. The van der Waals surface area contributed by atoms with Crippen molar-refractivity contribution in [3.8, 4) is 0 Å². The summed E-state index contributed by atoms with van der Waals surface area (Å²) >= 11 is 0. The van der Waals surface area contributed by atoms with E-state index in [0.717, 1.165) is 89.9 Å². The molecule has 48 heavy (non-hydrogen) atoms. The Kier molecular flexibility index (Phi) is 7.39. The summed E-state index contributed by atoms with van der Waals surface area (Å²) in [4.78, 5) is 27.9. The highest BCUT2D eigenvalue weighted by molar-refractivity contribution is 5.96. The molecule has 0 fully saturated rings. The van der Waals surface area contributed by atoms with E-state index in [2.05, 4.69) is 129 Å². The third-order valence-corrected chi connectivity index (χ3v) is 11.2. The molecule has 0 unspecified atom stereocenters. The van der Waals surface area contributed by atoms with Gasteiger partial charge in [0.2, 0.25) is 0 Å². The summed E-state index contributed by atoms with van der Waals surface area (Å²) in [6.45, 7) is 25.9. The predicted molar refractivity (Wildman–Crippen MR) is 203 cm³/mol. The van der Waals surface area contributed by atoms with Crippen LogP contribution in [0.1, 0.15) is 123 Å². The zero-order valence-electron chi connectivity index (χ0n) is 30.3. The maximum absolute atomic E-state index is 5.12. The average molecular weight is 633 g/mol. The Morgan fingerprint density at radius 3 is 0.688 bits per heavy atom. The lowest BCUT2D eigenvalue weighted by molar-refractivity contribution is 1.23. The second kappa shape index (κ2) is 11.3. The molecule has 2 N–H and O–H groups in total. The van der Waals surface area contributed by atoms with Crippen molar-refractivity contribution in [2.45, 2.75) is 83.1 Å². The summed E-state index contributed by atoms with van der Waals surface area (Å²) in [6, 6.07) is 13.0. The fourth-order valence-electron chi connectivity index (χ4n) is 6.71. The summed E-state index contributed by atoms with van der Waals surface area (Å²) in [7, 11) is 0. The molecule has 0 radical (unpaired) electrons. The van der Waals surface area contributed by atoms with Gasteiger partial charge in [-0.3, -0.25) is 0 Å². The van der Waals surface area contributed by atoms with E-state index >= 15 is 0 Å². The van der Waals surface area contributed by atoms with Gasteiger partial charge < -0.3 is 9.97 Å². The van der Waals surface area contributed by atoms with Crippen molar-refractivity contribution in [1.29, 1.82) is 0 Å². The molecule has 242 valence electrons. The lowest BCUT2D eigenvalue weighted by atomic mass is 10.0. The van der Waals surface area contributed by atoms with E-state index in [4.69, 9.17) is 19.9 Å². The van der Waals surface area contributed by atoms with E-state index < -0.39 is 0 Å². The smallest absolute Gasteiger partial charge is 0.0691 e. The van der Waals surface area contributed by atoms with Gasteiger partial charge in [-0.05, 0) is 186 Å². The zero-order chi connectivity index (χ0) is 34.3. The molecule has 4 aliphatic heterocycles. The van der Waals surface area contributed by atoms with Crippen LogP contribution >= 0.6 is 0 Å². The highest BCUT2D eigenvalue weighted by Gasteiger charge is 2.20. The first kappa shape index (κ1) is 31.5. The molecule has 3 aromatic heterocycles. The number of hydrogen-bond acceptors (Lipinski definition) is 4. The summed E-state index contributed by atoms with van der Waals surface area (Å²) in [5.74, 6) is 0. The van der Waals surface area contributed by atoms with Crippen LogP contribution in [-0.2, 0) is 0 Å². The summed E-state index contributed by atoms with van der Waals surface area (Å²) < 4.78 is 0. The Labute approximate surface area is 283 Å². The minimum absolute atomic E-state index is 0.945. The molecule has 12 bridgehead atoms. The fourth-order valence-corrected chi connectivity index (χ4v) is 6.71. The van der Waals surface area contributed by atoms with Crippen molar-refractivity contribution in [2.24, 2.45) is 0 Å². The summed E-state index contributed by atoms with van der Waals surface area (Å²) in [5.41, 5.74) is 26.2. The Bertz CT molecular complexity index is 2290. The van der Waals surface area contributed by atoms with Gasteiger partial charge in [0.05, 0.1) is 45.6 Å². The number of aromatic nitrogens is 6. The quantitative estimate of drug-likeness (QED) is 0.258. The number of aryl methyl sites for hydroxylation is 4. The Hall–Kier alpha value is -5.10. The SMILES string of the molecule is CC1=C(C)c2cc3nc(cc4[nH]c(cc5[nH]c(cc6nc(cc7nc(cc1n2)C(C)=C7C)C(C)=C6C)c(C)c5C)c(C)c4C)C(C)=C3C. The van der Waals surface area contributed by atoms with Gasteiger partial charge in [-0.2, -0.15) is 0 Å². The third kappa shape index (κ3) is 4.93. The maximum atomic E-state index is 5.12. The Balaban J connectivity index is 1.59. The van der Waals surface area contributed by atoms with Crippen LogP contribution in [0.3, 0.4) is 0 Å². The van der Waals surface area contributed by atoms with Gasteiger partial charge in [-0.25, -0.2) is 19.9 Å². The average Bonchev–Trinajstić information content (AvgIpc) is 3.81. The monoisotopic (exact) mass is 632 g/mol. The predicted octanol–water partition coefficient (Wildman–Crippen LogP) is 11.0. The van der Waals surface area contributed by atoms with E-state index in [1.165, 1.54) is 44.5 Å². The van der Waals surface area contributed by atoms with Crippen LogP contribution < -0.4 is 0 Å². The highest BCUT2D eigenvalue weighted by Crippen LogP contribution is 2.37. The zero-order valence-corrected chi connectivity index (χ0v) is 30.3. The molecule has 7 rings (SSSR count). The second-order valence-corrected chi connectivity index (χ2v) is 13.8. The standard InChI is InChI=1S/C42H44N6/c1-19-20(2)32-14-34-23(5)24(6)36(45-34)16-38-27(9)28(10)40(47-38)18-42-30(12)29(11)41(48-42)17-39-26(8)25(7)37(46-39)15-35-22(4)21(3)33(44-35)13-31(19)43-32/h13-18,43-44H,1-12H3. The molecule has 6 heteroatoms. The lowest BCUT2D eigenvalue weighted by Gasteiger charge is -1.97. The number of aromatic amines is 2. The number of nitrogens with one attached hydrogen (secondary N) is 2. The Morgan fingerprint density at radius 1 is 0.271 bits per heavy atom. The van der Waals surface area contributed by atoms with Gasteiger partial charge >= 0.3 is 0 Å². The minimum atomic E-state index is 0.945. The normalized spacial score (nSPS) is 14.8. The first-order chi connectivity index (χ1) is 22.7. The molecule has 0 atom stereocenters. The topological polar surface area (TPSA) is 83.1 Å². The van der Waals surface area contributed by atoms with Crippen molar-refractivity contribution in [1.82, 2.24) is 29.9 Å². The van der Waals surface area contributed by atoms with Crippen LogP contribution in [0.5, 0.6) is 0 Å². The first-order valence-electron chi connectivity index (χ1n) is 16.8. The Morgan fingerprint density at radius 2 is 0.458 bits per heavy atom. The van der Waals surface area contributed by atoms with E-state index in [9.17, 15) is 0 Å². The van der Waals surface area contributed by atoms with Crippen molar-refractivity contribution in [2.75, 3.05) is 0 Å². The van der Waals surface area contributed by atoms with Crippen LogP contribution in [0.15, 0.2) is 36.4 Å². The van der Waals surface area contributed by atoms with Gasteiger partial charge in [0.15, 0.2) is 0 Å². The van der Waals surface area contributed by atoms with Crippen LogP contribution in [-0.4, -0.2) is 29.9 Å². The molecule has 0 spiro atoms. The number of allylic oxidation sites excluding steroid dienone is 8. The second-order valence-electron chi connectivity index (χ2n) is 13.8. The fraction of sp³-hybridized carbons (Fsp3) is 0.286. The molecule has 3 aromatic rings. The molecule has 4 aliphatic rings. The van der Waals surface area contributed by atoms with Crippen molar-refractivity contribution >= 4 is 66.7 Å². The van der Waals surface area contributed by atoms with Gasteiger partial charge in [0, 0.05) is 22.1 Å². The number of fused-ring (bicyclic) bond motifs is 12. The van der Waals surface area contributed by atoms with Crippen LogP contribution in [0.2, 0.25) is 0 Å². The van der Waals surface area contributed by atoms with Crippen molar-refractivity contribution in [3.05, 3.63) is 104 Å². The van der Waals surface area contributed by atoms with Gasteiger partial charge in [0.25, 0.3) is 0 Å². The van der Waals surface area contributed by atoms with E-state index in [1.807, 2.05) is 0 Å². The van der Waals surface area contributed by atoms with Gasteiger partial charge in [0.1, 0.15) is 0 Å². The largest absolute Gasteiger partial charge is 0.355 e. The first-order valence-corrected chi connectivity index (χ1v) is 16.8. The number of rotatable bonds is 0. The number of hydrogen-bond donors (Lipinski definition) is 2. The molecule has 0 aromatic carbocycles. The molecule has 0 saturated carbocycles. The van der Waals surface area contributed by atoms with Gasteiger partial charge in [-0.1, -0.05) is 0 Å². The highest BCUT2D eigenvalue weighted by atomic mass is 14.8. The van der Waals surface area contributed by atoms with Crippen LogP contribution in [0, 0.1) is 27.7 Å². The van der Waals surface area contributed by atoms with Crippen molar-refractivity contribution < 1.29 is 0 Å². The number of H-pyrrole nitrogens is 2. The summed E-state index contributed by atoms with van der Waals surface area (Å²) in [6.07, 6.45) is 0. The minimum Gasteiger partial charge on any atom is -0.355 e. The number of nitrogens with zero attached hydrogens (tertiary/aromatic N) is 4. The molecule has 0 saturated heterocycles. The van der Waals surface area contributed by atoms with Crippen LogP contribution in [0.25, 0.3) is 66.7 Å². The summed E-state index contributed by atoms with van der Waals surface area (Å²) in [5, 5.41) is 0. The van der Waals surface area contributed by atoms with E-state index in [-0.39, 0.29) is 0 Å². The maximum Gasteiger partial charge on any atom is 0.0691 e. The molecular formula is C42H44N6. The van der Waals surface area contributed by atoms with E-state index in [1.54, 1.807) is 0 Å². The third-order valence-electron chi connectivity index (χ3n) is 11.2. The molecule has 6 nitrogen and oxygen atoms in total. The molecule has 7 heterocycles. The molecule has 0 aliphatic carbocycles. The van der Waals surface area contributed by atoms with Crippen molar-refractivity contribution in [3.63, 3.8) is 0 Å². The lowest BCUT2D eigenvalue weighted by Crippen LogP contribution is -1.83. The van der Waals surface area contributed by atoms with E-state index in [0.29, 0.717) is 0 Å². The molecular weight excluding hydrogens is 589 g/mol.